The molecule has 2 aromatic carbocycles. The summed E-state index contributed by atoms with van der Waals surface area (Å²) in [7, 11) is 1.47. The average molecular weight is 403 g/mol. The smallest absolute Gasteiger partial charge is 0.449 e. The Morgan fingerprint density at radius 1 is 1.07 bits per heavy atom. The molecule has 4 rings (SSSR count). The fourth-order valence-electron chi connectivity index (χ4n) is 2.88. The van der Waals surface area contributed by atoms with Crippen molar-refractivity contribution in [3.05, 3.63) is 70.3 Å². The predicted octanol–water partition coefficient (Wildman–Crippen LogP) is 4.82. The normalized spacial score (nSPS) is 11.7. The minimum atomic E-state index is -4.78. The summed E-state index contributed by atoms with van der Waals surface area (Å²) >= 11 is 0. The molecule has 0 fully saturated rings. The zero-order chi connectivity index (χ0) is 20.8. The molecular weight excluding hydrogens is 391 g/mol. The lowest BCUT2D eigenvalue weighted by atomic mass is 10.2. The third kappa shape index (κ3) is 3.42. The molecule has 9 heteroatoms. The summed E-state index contributed by atoms with van der Waals surface area (Å²) in [6.07, 6.45) is -4.78. The van der Waals surface area contributed by atoms with Crippen molar-refractivity contribution in [2.45, 2.75) is 6.18 Å². The molecule has 0 saturated heterocycles. The molecule has 148 valence electrons. The number of methoxy groups -OCH3 is 1. The zero-order valence-corrected chi connectivity index (χ0v) is 14.8. The van der Waals surface area contributed by atoms with Crippen LogP contribution in [0.4, 0.5) is 18.9 Å². The molecule has 0 aliphatic carbocycles. The maximum atomic E-state index is 12.8. The number of furan rings is 1. The topological polar surface area (TPSA) is 81.7 Å². The minimum Gasteiger partial charge on any atom is -0.493 e. The van der Waals surface area contributed by atoms with E-state index in [0.29, 0.717) is 22.8 Å². The van der Waals surface area contributed by atoms with Crippen molar-refractivity contribution in [2.24, 2.45) is 0 Å². The number of carbonyl (C=O) groups is 1. The van der Waals surface area contributed by atoms with E-state index in [1.54, 1.807) is 18.2 Å². The lowest BCUT2D eigenvalue weighted by Crippen LogP contribution is -2.13. The quantitative estimate of drug-likeness (QED) is 0.531. The lowest BCUT2D eigenvalue weighted by molar-refractivity contribution is -0.152. The summed E-state index contributed by atoms with van der Waals surface area (Å²) in [5, 5.41) is 3.11. The SMILES string of the molecule is COc1cccc2cc(C(=O)Nc3ccc4oc(C(F)(F)F)cc(=O)c4c3)oc12. The molecule has 0 atom stereocenters. The number of hydrogen-bond acceptors (Lipinski definition) is 5. The van der Waals surface area contributed by atoms with Gasteiger partial charge in [-0.1, -0.05) is 12.1 Å². The van der Waals surface area contributed by atoms with Gasteiger partial charge in [-0.05, 0) is 30.3 Å². The van der Waals surface area contributed by atoms with E-state index < -0.39 is 23.3 Å². The molecule has 0 radical (unpaired) electrons. The first-order chi connectivity index (χ1) is 13.8. The fraction of sp³-hybridized carbons (Fsp3) is 0.100. The highest BCUT2D eigenvalue weighted by atomic mass is 19.4. The highest BCUT2D eigenvalue weighted by Gasteiger charge is 2.35. The van der Waals surface area contributed by atoms with Gasteiger partial charge in [0, 0.05) is 17.1 Å². The van der Waals surface area contributed by atoms with Crippen molar-refractivity contribution >= 4 is 33.5 Å². The Balaban J connectivity index is 1.66. The van der Waals surface area contributed by atoms with Crippen molar-refractivity contribution in [2.75, 3.05) is 12.4 Å². The van der Waals surface area contributed by atoms with Crippen LogP contribution in [0.1, 0.15) is 16.3 Å². The Labute approximate surface area is 160 Å². The summed E-state index contributed by atoms with van der Waals surface area (Å²) in [6, 6.07) is 10.8. The first-order valence-electron chi connectivity index (χ1n) is 8.29. The van der Waals surface area contributed by atoms with Crippen LogP contribution < -0.4 is 15.5 Å². The fourth-order valence-corrected chi connectivity index (χ4v) is 2.88. The number of anilines is 1. The van der Waals surface area contributed by atoms with E-state index in [9.17, 15) is 22.8 Å². The molecule has 0 aliphatic rings. The second kappa shape index (κ2) is 6.69. The molecule has 0 aliphatic heterocycles. The predicted molar refractivity (Wildman–Crippen MR) is 98.2 cm³/mol. The Bertz CT molecular complexity index is 1300. The van der Waals surface area contributed by atoms with Gasteiger partial charge in [-0.3, -0.25) is 9.59 Å². The summed E-state index contributed by atoms with van der Waals surface area (Å²) in [4.78, 5) is 24.5. The van der Waals surface area contributed by atoms with Gasteiger partial charge < -0.3 is 18.9 Å². The summed E-state index contributed by atoms with van der Waals surface area (Å²) in [5.74, 6) is -1.52. The standard InChI is InChI=1S/C20H12F3NO5/c1-27-15-4-2-3-10-7-16(29-18(10)15)19(26)24-11-5-6-14-12(8-11)13(25)9-17(28-14)20(21,22)23/h2-9H,1H3,(H,24,26). The molecule has 29 heavy (non-hydrogen) atoms. The highest BCUT2D eigenvalue weighted by Crippen LogP contribution is 2.31. The average Bonchev–Trinajstić information content (AvgIpc) is 3.12. The summed E-state index contributed by atoms with van der Waals surface area (Å²) in [6.45, 7) is 0. The zero-order valence-electron chi connectivity index (χ0n) is 14.8. The molecule has 0 unspecified atom stereocenters. The van der Waals surface area contributed by atoms with E-state index in [1.165, 1.54) is 31.4 Å². The van der Waals surface area contributed by atoms with Crippen LogP contribution in [0, 0.1) is 0 Å². The van der Waals surface area contributed by atoms with Gasteiger partial charge in [0.15, 0.2) is 22.5 Å². The molecule has 0 saturated carbocycles. The number of halogens is 3. The molecule has 2 aromatic heterocycles. The van der Waals surface area contributed by atoms with Crippen molar-refractivity contribution in [1.82, 2.24) is 0 Å². The molecule has 1 N–H and O–H groups in total. The second-order valence-electron chi connectivity index (χ2n) is 6.13. The van der Waals surface area contributed by atoms with E-state index in [-0.39, 0.29) is 22.4 Å². The number of nitrogens with one attached hydrogen (secondary N) is 1. The highest BCUT2D eigenvalue weighted by molar-refractivity contribution is 6.05. The van der Waals surface area contributed by atoms with Gasteiger partial charge in [0.05, 0.1) is 12.5 Å². The third-order valence-electron chi connectivity index (χ3n) is 4.22. The third-order valence-corrected chi connectivity index (χ3v) is 4.22. The van der Waals surface area contributed by atoms with Crippen LogP contribution in [0.5, 0.6) is 5.75 Å². The number of hydrogen-bond donors (Lipinski definition) is 1. The monoisotopic (exact) mass is 403 g/mol. The van der Waals surface area contributed by atoms with Crippen molar-refractivity contribution in [3.8, 4) is 5.75 Å². The molecule has 6 nitrogen and oxygen atoms in total. The number of para-hydroxylation sites is 1. The van der Waals surface area contributed by atoms with Crippen LogP contribution in [0.15, 0.2) is 62.2 Å². The van der Waals surface area contributed by atoms with E-state index in [4.69, 9.17) is 13.6 Å². The van der Waals surface area contributed by atoms with E-state index in [1.807, 2.05) is 0 Å². The largest absolute Gasteiger partial charge is 0.493 e. The van der Waals surface area contributed by atoms with Crippen molar-refractivity contribution in [1.29, 1.82) is 0 Å². The van der Waals surface area contributed by atoms with Crippen LogP contribution >= 0.6 is 0 Å². The number of benzene rings is 2. The van der Waals surface area contributed by atoms with Gasteiger partial charge in [0.2, 0.25) is 5.76 Å². The molecule has 4 aromatic rings. The number of ether oxygens (including phenoxy) is 1. The minimum absolute atomic E-state index is 0.00375. The van der Waals surface area contributed by atoms with Gasteiger partial charge in [-0.2, -0.15) is 13.2 Å². The van der Waals surface area contributed by atoms with Gasteiger partial charge in [0.1, 0.15) is 5.58 Å². The van der Waals surface area contributed by atoms with Crippen LogP contribution in [-0.4, -0.2) is 13.0 Å². The lowest BCUT2D eigenvalue weighted by Gasteiger charge is -2.08. The number of alkyl halides is 3. The van der Waals surface area contributed by atoms with Gasteiger partial charge in [0.25, 0.3) is 5.91 Å². The Hall–Kier alpha value is -3.75. The Morgan fingerprint density at radius 2 is 1.86 bits per heavy atom. The van der Waals surface area contributed by atoms with Gasteiger partial charge in [-0.15, -0.1) is 0 Å². The number of amides is 1. The Kier molecular flexibility index (Phi) is 4.30. The summed E-state index contributed by atoms with van der Waals surface area (Å²) in [5.41, 5.74) is -0.514. The van der Waals surface area contributed by atoms with Crippen LogP contribution in [0.3, 0.4) is 0 Å². The van der Waals surface area contributed by atoms with Crippen LogP contribution in [-0.2, 0) is 6.18 Å². The van der Waals surface area contributed by atoms with Crippen molar-refractivity contribution < 1.29 is 31.5 Å². The van der Waals surface area contributed by atoms with E-state index in [0.717, 1.165) is 0 Å². The number of carbonyl (C=O) groups excluding carboxylic acids is 1. The maximum absolute atomic E-state index is 12.8. The summed E-state index contributed by atoms with van der Waals surface area (Å²) < 4.78 is 53.8. The van der Waals surface area contributed by atoms with Crippen LogP contribution in [0.25, 0.3) is 21.9 Å². The van der Waals surface area contributed by atoms with Gasteiger partial charge >= 0.3 is 6.18 Å². The van der Waals surface area contributed by atoms with E-state index >= 15 is 0 Å². The molecule has 0 bridgehead atoms. The van der Waals surface area contributed by atoms with Crippen LogP contribution in [0.2, 0.25) is 0 Å². The first kappa shape index (κ1) is 18.6. The van der Waals surface area contributed by atoms with Crippen molar-refractivity contribution in [3.63, 3.8) is 0 Å². The Morgan fingerprint density at radius 3 is 2.59 bits per heavy atom. The molecule has 1 amide bonds. The molecule has 0 spiro atoms. The maximum Gasteiger partial charge on any atom is 0.449 e. The number of rotatable bonds is 3. The second-order valence-corrected chi connectivity index (χ2v) is 6.13. The number of fused-ring (bicyclic) bond motifs is 2. The molecule has 2 heterocycles. The van der Waals surface area contributed by atoms with E-state index in [2.05, 4.69) is 5.32 Å². The first-order valence-corrected chi connectivity index (χ1v) is 8.29. The van der Waals surface area contributed by atoms with Gasteiger partial charge in [-0.25, -0.2) is 0 Å². The molecular formula is C20H12F3NO5.